The Morgan fingerprint density at radius 1 is 1.44 bits per heavy atom. The van der Waals surface area contributed by atoms with Gasteiger partial charge in [-0.15, -0.1) is 0 Å². The molecule has 2 N–H and O–H groups in total. The Morgan fingerprint density at radius 3 is 3.11 bits per heavy atom. The number of methoxy groups -OCH3 is 1. The van der Waals surface area contributed by atoms with Crippen LogP contribution >= 0.6 is 0 Å². The molecule has 1 saturated carbocycles. The van der Waals surface area contributed by atoms with E-state index in [0.717, 1.165) is 29.4 Å². The molecule has 3 rings (SSSR count). The number of imidazole rings is 1. The van der Waals surface area contributed by atoms with Gasteiger partial charge in [0.05, 0.1) is 25.5 Å². The molecule has 1 aliphatic carbocycles. The minimum Gasteiger partial charge on any atom is -0.497 e. The third-order valence-corrected chi connectivity index (χ3v) is 3.14. The van der Waals surface area contributed by atoms with Crippen LogP contribution in [0, 0.1) is 0 Å². The van der Waals surface area contributed by atoms with Gasteiger partial charge in [-0.25, -0.2) is 4.98 Å². The molecular weight excluding hydrogens is 226 g/mol. The van der Waals surface area contributed by atoms with Gasteiger partial charge in [0.15, 0.2) is 0 Å². The molecule has 1 heterocycles. The van der Waals surface area contributed by atoms with Crippen LogP contribution in [0.1, 0.15) is 18.7 Å². The second-order valence-corrected chi connectivity index (χ2v) is 4.63. The van der Waals surface area contributed by atoms with Gasteiger partial charge < -0.3 is 15.0 Å². The van der Waals surface area contributed by atoms with E-state index in [-0.39, 0.29) is 0 Å². The zero-order chi connectivity index (χ0) is 12.4. The van der Waals surface area contributed by atoms with Gasteiger partial charge in [-0.05, 0) is 25.0 Å². The number of nitrogens with zero attached hydrogens (tertiary/aromatic N) is 1. The maximum Gasteiger partial charge on any atom is 0.120 e. The largest absolute Gasteiger partial charge is 0.497 e. The van der Waals surface area contributed by atoms with Crippen molar-refractivity contribution in [3.8, 4) is 17.0 Å². The lowest BCUT2D eigenvalue weighted by Gasteiger charge is -2.02. The van der Waals surface area contributed by atoms with Gasteiger partial charge in [-0.2, -0.15) is 0 Å². The van der Waals surface area contributed by atoms with E-state index in [9.17, 15) is 0 Å². The molecule has 94 valence electrons. The lowest BCUT2D eigenvalue weighted by molar-refractivity contribution is 0.415. The van der Waals surface area contributed by atoms with Crippen LogP contribution < -0.4 is 10.1 Å². The fraction of sp³-hybridized carbons (Fsp3) is 0.357. The van der Waals surface area contributed by atoms with E-state index < -0.39 is 0 Å². The molecule has 0 bridgehead atoms. The number of benzene rings is 1. The highest BCUT2D eigenvalue weighted by atomic mass is 16.5. The van der Waals surface area contributed by atoms with Crippen LogP contribution in [0.2, 0.25) is 0 Å². The third-order valence-electron chi connectivity index (χ3n) is 3.14. The van der Waals surface area contributed by atoms with Gasteiger partial charge in [0, 0.05) is 11.6 Å². The van der Waals surface area contributed by atoms with Crippen molar-refractivity contribution in [3.63, 3.8) is 0 Å². The Hall–Kier alpha value is -1.81. The highest BCUT2D eigenvalue weighted by molar-refractivity contribution is 5.60. The highest BCUT2D eigenvalue weighted by Gasteiger charge is 2.20. The number of ether oxygens (including phenoxy) is 1. The molecule has 1 aromatic heterocycles. The first-order valence-electron chi connectivity index (χ1n) is 6.27. The van der Waals surface area contributed by atoms with Crippen LogP contribution in [0.15, 0.2) is 30.5 Å². The molecule has 0 aliphatic heterocycles. The Balaban J connectivity index is 1.74. The van der Waals surface area contributed by atoms with Crippen LogP contribution in [0.3, 0.4) is 0 Å². The minimum atomic E-state index is 0.704. The average molecular weight is 243 g/mol. The summed E-state index contributed by atoms with van der Waals surface area (Å²) in [6, 6.07) is 8.68. The molecule has 0 saturated heterocycles. The van der Waals surface area contributed by atoms with Crippen molar-refractivity contribution in [2.75, 3.05) is 7.11 Å². The summed E-state index contributed by atoms with van der Waals surface area (Å²) >= 11 is 0. The Labute approximate surface area is 106 Å². The van der Waals surface area contributed by atoms with E-state index in [1.165, 1.54) is 12.8 Å². The number of aromatic amines is 1. The van der Waals surface area contributed by atoms with Gasteiger partial charge >= 0.3 is 0 Å². The molecule has 0 unspecified atom stereocenters. The average Bonchev–Trinajstić information content (AvgIpc) is 3.13. The van der Waals surface area contributed by atoms with Gasteiger partial charge in [-0.1, -0.05) is 12.1 Å². The maximum atomic E-state index is 5.22. The zero-order valence-corrected chi connectivity index (χ0v) is 10.4. The molecule has 0 amide bonds. The number of aromatic nitrogens is 2. The molecule has 2 aromatic rings. The van der Waals surface area contributed by atoms with Gasteiger partial charge in [-0.3, -0.25) is 0 Å². The van der Waals surface area contributed by atoms with Crippen molar-refractivity contribution in [2.45, 2.75) is 25.4 Å². The van der Waals surface area contributed by atoms with Crippen molar-refractivity contribution in [1.29, 1.82) is 0 Å². The molecule has 0 radical (unpaired) electrons. The van der Waals surface area contributed by atoms with E-state index in [0.29, 0.717) is 6.04 Å². The van der Waals surface area contributed by atoms with E-state index in [2.05, 4.69) is 15.3 Å². The standard InChI is InChI=1S/C14H17N3O/c1-18-12-4-2-3-10(7-12)13-8-16-14(17-13)9-15-11-5-6-11/h2-4,7-8,11,15H,5-6,9H2,1H3,(H,16,17). The van der Waals surface area contributed by atoms with Crippen molar-refractivity contribution < 1.29 is 4.74 Å². The molecule has 1 fully saturated rings. The zero-order valence-electron chi connectivity index (χ0n) is 10.4. The summed E-state index contributed by atoms with van der Waals surface area (Å²) in [7, 11) is 1.68. The van der Waals surface area contributed by atoms with Crippen LogP contribution in [-0.4, -0.2) is 23.1 Å². The maximum absolute atomic E-state index is 5.22. The van der Waals surface area contributed by atoms with Crippen LogP contribution in [0.4, 0.5) is 0 Å². The monoisotopic (exact) mass is 243 g/mol. The van der Waals surface area contributed by atoms with E-state index in [1.807, 2.05) is 30.5 Å². The molecule has 0 atom stereocenters. The quantitative estimate of drug-likeness (QED) is 0.847. The van der Waals surface area contributed by atoms with Gasteiger partial charge in [0.25, 0.3) is 0 Å². The SMILES string of the molecule is COc1cccc(-c2cnc(CNC3CC3)[nH]2)c1. The Kier molecular flexibility index (Phi) is 3.02. The first kappa shape index (κ1) is 11.3. The molecule has 18 heavy (non-hydrogen) atoms. The fourth-order valence-electron chi connectivity index (χ4n) is 1.92. The summed E-state index contributed by atoms with van der Waals surface area (Å²) in [6.45, 7) is 0.814. The molecule has 4 heteroatoms. The van der Waals surface area contributed by atoms with Crippen molar-refractivity contribution >= 4 is 0 Å². The second kappa shape index (κ2) is 4.82. The predicted molar refractivity (Wildman–Crippen MR) is 70.4 cm³/mol. The molecule has 4 nitrogen and oxygen atoms in total. The normalized spacial score (nSPS) is 14.7. The number of H-pyrrole nitrogens is 1. The molecular formula is C14H17N3O. The minimum absolute atomic E-state index is 0.704. The lowest BCUT2D eigenvalue weighted by Crippen LogP contribution is -2.16. The first-order chi connectivity index (χ1) is 8.85. The van der Waals surface area contributed by atoms with E-state index in [4.69, 9.17) is 4.74 Å². The first-order valence-corrected chi connectivity index (χ1v) is 6.27. The highest BCUT2D eigenvalue weighted by Crippen LogP contribution is 2.22. The number of nitrogens with one attached hydrogen (secondary N) is 2. The molecule has 1 aliphatic rings. The smallest absolute Gasteiger partial charge is 0.120 e. The van der Waals surface area contributed by atoms with E-state index >= 15 is 0 Å². The summed E-state index contributed by atoms with van der Waals surface area (Å²) < 4.78 is 5.22. The Morgan fingerprint density at radius 2 is 2.33 bits per heavy atom. The molecule has 0 spiro atoms. The summed E-state index contributed by atoms with van der Waals surface area (Å²) in [5.41, 5.74) is 2.13. The topological polar surface area (TPSA) is 49.9 Å². The predicted octanol–water partition coefficient (Wildman–Crippen LogP) is 2.34. The number of hydrogen-bond donors (Lipinski definition) is 2. The summed E-state index contributed by atoms with van der Waals surface area (Å²) in [4.78, 5) is 7.72. The summed E-state index contributed by atoms with van der Waals surface area (Å²) in [5, 5.41) is 3.44. The second-order valence-electron chi connectivity index (χ2n) is 4.63. The van der Waals surface area contributed by atoms with Crippen LogP contribution in [0.5, 0.6) is 5.75 Å². The summed E-state index contributed by atoms with van der Waals surface area (Å²) in [6.07, 6.45) is 4.46. The van der Waals surface area contributed by atoms with Crippen LogP contribution in [0.25, 0.3) is 11.3 Å². The molecule has 1 aromatic carbocycles. The third kappa shape index (κ3) is 2.54. The van der Waals surface area contributed by atoms with Crippen LogP contribution in [-0.2, 0) is 6.54 Å². The van der Waals surface area contributed by atoms with Crippen molar-refractivity contribution in [2.24, 2.45) is 0 Å². The fourth-order valence-corrected chi connectivity index (χ4v) is 1.92. The van der Waals surface area contributed by atoms with E-state index in [1.54, 1.807) is 7.11 Å². The lowest BCUT2D eigenvalue weighted by atomic mass is 10.1. The number of hydrogen-bond acceptors (Lipinski definition) is 3. The summed E-state index contributed by atoms with van der Waals surface area (Å²) in [5.74, 6) is 1.85. The van der Waals surface area contributed by atoms with Crippen molar-refractivity contribution in [1.82, 2.24) is 15.3 Å². The van der Waals surface area contributed by atoms with Gasteiger partial charge in [0.1, 0.15) is 11.6 Å². The Bertz CT molecular complexity index is 531. The van der Waals surface area contributed by atoms with Crippen molar-refractivity contribution in [3.05, 3.63) is 36.3 Å². The van der Waals surface area contributed by atoms with Gasteiger partial charge in [0.2, 0.25) is 0 Å². The number of rotatable bonds is 5.